The molecule has 2 amide bonds. The summed E-state index contributed by atoms with van der Waals surface area (Å²) >= 11 is 0. The number of nitrogens with zero attached hydrogens (tertiary/aromatic N) is 5. The lowest BCUT2D eigenvalue weighted by Crippen LogP contribution is -2.73. The first-order valence-electron chi connectivity index (χ1n) is 12.8. The van der Waals surface area contributed by atoms with Crippen LogP contribution < -0.4 is 27.4 Å². The fourth-order valence-electron chi connectivity index (χ4n) is 6.15. The summed E-state index contributed by atoms with van der Waals surface area (Å²) in [5, 5.41) is 28.1. The molecule has 1 saturated heterocycles. The molecular formula is C25H30N10O3. The minimum Gasteiger partial charge on any atom is -0.386 e. The molecule has 198 valence electrons. The van der Waals surface area contributed by atoms with Gasteiger partial charge in [-0.25, -0.2) is 9.98 Å². The van der Waals surface area contributed by atoms with Crippen LogP contribution in [0.3, 0.4) is 0 Å². The third-order valence-corrected chi connectivity index (χ3v) is 7.89. The van der Waals surface area contributed by atoms with Crippen molar-refractivity contribution in [2.75, 3.05) is 13.1 Å². The van der Waals surface area contributed by atoms with Gasteiger partial charge in [0.1, 0.15) is 12.1 Å². The maximum absolute atomic E-state index is 13.4. The normalized spacial score (nSPS) is 29.2. The Morgan fingerprint density at radius 3 is 2.79 bits per heavy atom. The van der Waals surface area contributed by atoms with Crippen LogP contribution in [0.15, 0.2) is 46.5 Å². The van der Waals surface area contributed by atoms with E-state index in [-0.39, 0.29) is 36.6 Å². The van der Waals surface area contributed by atoms with Gasteiger partial charge in [0.05, 0.1) is 12.1 Å². The SMILES string of the molecule is NC1=N[C@H]2[C@H](CNC(=O)c3cccnn3)N=C(N)N3C[C@@H](NC(=O)c4cccc5c4CCCC5)[C@@H](O)[C@]23N1. The summed E-state index contributed by atoms with van der Waals surface area (Å²) in [6, 6.07) is 7.02. The molecule has 1 spiro atoms. The van der Waals surface area contributed by atoms with Crippen molar-refractivity contribution >= 4 is 23.7 Å². The second kappa shape index (κ2) is 9.24. The Morgan fingerprint density at radius 1 is 1.13 bits per heavy atom. The van der Waals surface area contributed by atoms with E-state index >= 15 is 0 Å². The van der Waals surface area contributed by atoms with Crippen molar-refractivity contribution in [1.29, 1.82) is 0 Å². The van der Waals surface area contributed by atoms with Gasteiger partial charge in [-0.2, -0.15) is 5.10 Å². The molecule has 0 bridgehead atoms. The van der Waals surface area contributed by atoms with Gasteiger partial charge in [-0.15, -0.1) is 5.10 Å². The van der Waals surface area contributed by atoms with Crippen molar-refractivity contribution in [1.82, 2.24) is 31.0 Å². The van der Waals surface area contributed by atoms with Crippen LogP contribution in [0.5, 0.6) is 0 Å². The Bertz CT molecular complexity index is 1330. The maximum Gasteiger partial charge on any atom is 0.271 e. The van der Waals surface area contributed by atoms with Gasteiger partial charge in [-0.1, -0.05) is 12.1 Å². The maximum atomic E-state index is 13.4. The van der Waals surface area contributed by atoms with Crippen LogP contribution in [-0.2, 0) is 12.8 Å². The van der Waals surface area contributed by atoms with Gasteiger partial charge in [0.15, 0.2) is 23.3 Å². The fraction of sp³-hybridized carbons (Fsp3) is 0.440. The summed E-state index contributed by atoms with van der Waals surface area (Å²) in [4.78, 5) is 36.7. The number of aliphatic hydroxyl groups excluding tert-OH is 1. The number of benzene rings is 1. The standard InChI is InChI=1S/C25H30N10O3/c26-23-32-19-17(11-28-22(38)16-9-4-10-29-34-16)31-24(27)35-12-18(20(36)25(19,35)33-23)30-21(37)15-8-3-6-13-5-1-2-7-14(13)15/h3-4,6,8-10,17-20,36H,1-2,5,7,11-12H2,(H2,27,31)(H,28,38)(H,30,37)(H3,26,32,33)/t17-,18+,19-,20+,25-/m0/s1. The van der Waals surface area contributed by atoms with E-state index in [4.69, 9.17) is 11.5 Å². The highest BCUT2D eigenvalue weighted by molar-refractivity contribution is 5.97. The lowest BCUT2D eigenvalue weighted by molar-refractivity contribution is 0.0144. The Balaban J connectivity index is 1.22. The third-order valence-electron chi connectivity index (χ3n) is 7.89. The largest absolute Gasteiger partial charge is 0.386 e. The van der Waals surface area contributed by atoms with E-state index in [9.17, 15) is 14.7 Å². The number of aliphatic hydroxyl groups is 1. The molecule has 13 heteroatoms. The predicted octanol–water partition coefficient (Wildman–Crippen LogP) is -1.76. The van der Waals surface area contributed by atoms with E-state index in [1.54, 1.807) is 17.0 Å². The van der Waals surface area contributed by atoms with Crippen molar-refractivity contribution < 1.29 is 14.7 Å². The van der Waals surface area contributed by atoms with Crippen LogP contribution in [0.25, 0.3) is 0 Å². The molecule has 0 saturated carbocycles. The number of aromatic nitrogens is 2. The zero-order valence-electron chi connectivity index (χ0n) is 20.7. The Morgan fingerprint density at radius 2 is 1.97 bits per heavy atom. The number of aryl methyl sites for hydroxylation is 1. The summed E-state index contributed by atoms with van der Waals surface area (Å²) in [6.45, 7) is 0.289. The van der Waals surface area contributed by atoms with E-state index in [0.717, 1.165) is 31.2 Å². The molecule has 8 N–H and O–H groups in total. The van der Waals surface area contributed by atoms with Gasteiger partial charge < -0.3 is 37.4 Å². The molecule has 2 aromatic rings. The van der Waals surface area contributed by atoms with Crippen LogP contribution in [0, 0.1) is 0 Å². The first kappa shape index (κ1) is 24.1. The highest BCUT2D eigenvalue weighted by Crippen LogP contribution is 2.40. The quantitative estimate of drug-likeness (QED) is 0.266. The predicted molar refractivity (Wildman–Crippen MR) is 138 cm³/mol. The molecule has 1 aromatic heterocycles. The molecule has 6 rings (SSSR count). The summed E-state index contributed by atoms with van der Waals surface area (Å²) in [6.07, 6.45) is 4.34. The van der Waals surface area contributed by atoms with Crippen molar-refractivity contribution in [2.24, 2.45) is 21.5 Å². The fourth-order valence-corrected chi connectivity index (χ4v) is 6.15. The monoisotopic (exact) mass is 518 g/mol. The molecule has 38 heavy (non-hydrogen) atoms. The van der Waals surface area contributed by atoms with Crippen molar-refractivity contribution in [3.8, 4) is 0 Å². The zero-order chi connectivity index (χ0) is 26.4. The van der Waals surface area contributed by atoms with Gasteiger partial charge in [-0.3, -0.25) is 9.59 Å². The summed E-state index contributed by atoms with van der Waals surface area (Å²) in [7, 11) is 0. The molecule has 4 heterocycles. The molecule has 0 unspecified atom stereocenters. The molecule has 0 radical (unpaired) electrons. The Labute approximate surface area is 218 Å². The molecule has 1 aliphatic carbocycles. The zero-order valence-corrected chi connectivity index (χ0v) is 20.7. The summed E-state index contributed by atoms with van der Waals surface area (Å²) in [5.74, 6) is -0.381. The van der Waals surface area contributed by atoms with Crippen LogP contribution in [0.4, 0.5) is 0 Å². The highest BCUT2D eigenvalue weighted by atomic mass is 16.3. The van der Waals surface area contributed by atoms with E-state index < -0.39 is 35.8 Å². The third kappa shape index (κ3) is 3.81. The second-order valence-corrected chi connectivity index (χ2v) is 10.1. The Kier molecular flexibility index (Phi) is 5.86. The van der Waals surface area contributed by atoms with Crippen LogP contribution in [0.1, 0.15) is 44.8 Å². The minimum atomic E-state index is -1.22. The van der Waals surface area contributed by atoms with Gasteiger partial charge in [0.2, 0.25) is 0 Å². The average Bonchev–Trinajstić information content (AvgIpc) is 3.43. The van der Waals surface area contributed by atoms with Crippen molar-refractivity contribution in [3.05, 3.63) is 58.9 Å². The van der Waals surface area contributed by atoms with Crippen LogP contribution in [-0.4, -0.2) is 86.9 Å². The lowest BCUT2D eigenvalue weighted by Gasteiger charge is -2.46. The van der Waals surface area contributed by atoms with Crippen LogP contribution in [0.2, 0.25) is 0 Å². The minimum absolute atomic E-state index is 0.0781. The van der Waals surface area contributed by atoms with E-state index in [1.807, 2.05) is 12.1 Å². The lowest BCUT2D eigenvalue weighted by atomic mass is 9.87. The average molecular weight is 519 g/mol. The number of hydrogen-bond acceptors (Lipinski definition) is 11. The number of guanidine groups is 2. The highest BCUT2D eigenvalue weighted by Gasteiger charge is 2.65. The van der Waals surface area contributed by atoms with Crippen LogP contribution >= 0.6 is 0 Å². The second-order valence-electron chi connectivity index (χ2n) is 10.1. The Hall–Kier alpha value is -4.26. The van der Waals surface area contributed by atoms with E-state index in [0.29, 0.717) is 5.56 Å². The van der Waals surface area contributed by atoms with E-state index in [2.05, 4.69) is 42.2 Å². The molecule has 1 fully saturated rings. The first-order chi connectivity index (χ1) is 18.4. The number of carbonyl (C=O) groups is 2. The first-order valence-corrected chi connectivity index (χ1v) is 12.8. The topological polar surface area (TPSA) is 196 Å². The molecule has 13 nitrogen and oxygen atoms in total. The number of nitrogens with one attached hydrogen (secondary N) is 3. The number of rotatable bonds is 5. The molecule has 5 atom stereocenters. The van der Waals surface area contributed by atoms with Gasteiger partial charge >= 0.3 is 0 Å². The van der Waals surface area contributed by atoms with Gasteiger partial charge in [0, 0.05) is 24.8 Å². The van der Waals surface area contributed by atoms with Gasteiger partial charge in [0.25, 0.3) is 11.8 Å². The number of amides is 2. The van der Waals surface area contributed by atoms with Crippen molar-refractivity contribution in [2.45, 2.75) is 55.6 Å². The molecule has 4 aliphatic rings. The number of fused-ring (bicyclic) bond motifs is 1. The summed E-state index contributed by atoms with van der Waals surface area (Å²) in [5.41, 5.74) is 14.3. The number of carbonyl (C=O) groups excluding carboxylic acids is 2. The molecule has 1 aromatic carbocycles. The smallest absolute Gasteiger partial charge is 0.271 e. The number of hydrogen-bond donors (Lipinski definition) is 6. The molecule has 3 aliphatic heterocycles. The van der Waals surface area contributed by atoms with E-state index in [1.165, 1.54) is 11.8 Å². The number of aliphatic imine (C=N–C) groups is 2. The summed E-state index contributed by atoms with van der Waals surface area (Å²) < 4.78 is 0. The molecular weight excluding hydrogens is 488 g/mol. The number of nitrogens with two attached hydrogens (primary N) is 2. The van der Waals surface area contributed by atoms with Gasteiger partial charge in [-0.05, 0) is 55.0 Å². The van der Waals surface area contributed by atoms with Crippen molar-refractivity contribution in [3.63, 3.8) is 0 Å².